The third kappa shape index (κ3) is 4.37. The SMILES string of the molecule is COc1ccc(NC(=O)C(C)Sc2nnnn2-c2ccccc2)cc1OC. The Kier molecular flexibility index (Phi) is 5.92. The van der Waals surface area contributed by atoms with Crippen LogP contribution >= 0.6 is 11.8 Å². The van der Waals surface area contributed by atoms with Crippen LogP contribution in [0.1, 0.15) is 6.92 Å². The second-order valence-corrected chi connectivity index (χ2v) is 6.84. The molecule has 0 aliphatic rings. The molecule has 0 aliphatic carbocycles. The van der Waals surface area contributed by atoms with Gasteiger partial charge in [-0.05, 0) is 41.6 Å². The van der Waals surface area contributed by atoms with Gasteiger partial charge in [0, 0.05) is 11.8 Å². The summed E-state index contributed by atoms with van der Waals surface area (Å²) in [6.07, 6.45) is 0. The van der Waals surface area contributed by atoms with Crippen molar-refractivity contribution in [3.63, 3.8) is 0 Å². The van der Waals surface area contributed by atoms with E-state index < -0.39 is 5.25 Å². The van der Waals surface area contributed by atoms with Crippen LogP contribution in [0.3, 0.4) is 0 Å². The summed E-state index contributed by atoms with van der Waals surface area (Å²) in [5.74, 6) is 0.971. The van der Waals surface area contributed by atoms with Crippen LogP contribution in [0.4, 0.5) is 5.69 Å². The van der Waals surface area contributed by atoms with Crippen molar-refractivity contribution in [1.82, 2.24) is 20.2 Å². The Morgan fingerprint density at radius 3 is 2.56 bits per heavy atom. The van der Waals surface area contributed by atoms with E-state index in [1.54, 1.807) is 44.0 Å². The summed E-state index contributed by atoms with van der Waals surface area (Å²) in [6.45, 7) is 1.80. The molecule has 1 atom stereocenters. The van der Waals surface area contributed by atoms with Gasteiger partial charge in [-0.25, -0.2) is 0 Å². The molecule has 1 aromatic heterocycles. The fourth-order valence-electron chi connectivity index (χ4n) is 2.35. The van der Waals surface area contributed by atoms with Gasteiger partial charge in [0.15, 0.2) is 11.5 Å². The molecule has 0 fully saturated rings. The number of aromatic nitrogens is 4. The van der Waals surface area contributed by atoms with E-state index in [-0.39, 0.29) is 5.91 Å². The zero-order valence-electron chi connectivity index (χ0n) is 15.1. The molecule has 0 radical (unpaired) electrons. The molecule has 0 spiro atoms. The van der Waals surface area contributed by atoms with E-state index in [0.717, 1.165) is 5.69 Å². The summed E-state index contributed by atoms with van der Waals surface area (Å²) in [6, 6.07) is 14.7. The van der Waals surface area contributed by atoms with Crippen molar-refractivity contribution in [2.24, 2.45) is 0 Å². The minimum Gasteiger partial charge on any atom is -0.493 e. The predicted octanol–water partition coefficient (Wildman–Crippen LogP) is 2.80. The number of para-hydroxylation sites is 1. The van der Waals surface area contributed by atoms with E-state index in [9.17, 15) is 4.79 Å². The summed E-state index contributed by atoms with van der Waals surface area (Å²) in [4.78, 5) is 12.6. The number of hydrogen-bond donors (Lipinski definition) is 1. The molecule has 140 valence electrons. The van der Waals surface area contributed by atoms with Crippen LogP contribution in [0.25, 0.3) is 5.69 Å². The molecular weight excluding hydrogens is 366 g/mol. The predicted molar refractivity (Wildman–Crippen MR) is 103 cm³/mol. The van der Waals surface area contributed by atoms with E-state index in [0.29, 0.717) is 22.3 Å². The lowest BCUT2D eigenvalue weighted by Gasteiger charge is -2.13. The first-order chi connectivity index (χ1) is 13.1. The number of carbonyl (C=O) groups is 1. The third-order valence-corrected chi connectivity index (χ3v) is 4.78. The summed E-state index contributed by atoms with van der Waals surface area (Å²) in [7, 11) is 3.11. The highest BCUT2D eigenvalue weighted by molar-refractivity contribution is 8.00. The number of methoxy groups -OCH3 is 2. The Hall–Kier alpha value is -3.07. The molecule has 2 aromatic carbocycles. The van der Waals surface area contributed by atoms with Gasteiger partial charge in [-0.3, -0.25) is 4.79 Å². The van der Waals surface area contributed by atoms with Crippen molar-refractivity contribution in [2.75, 3.05) is 19.5 Å². The van der Waals surface area contributed by atoms with Crippen LogP contribution in [0.15, 0.2) is 53.7 Å². The molecule has 0 bridgehead atoms. The largest absolute Gasteiger partial charge is 0.493 e. The fourth-order valence-corrected chi connectivity index (χ4v) is 3.16. The van der Waals surface area contributed by atoms with E-state index in [2.05, 4.69) is 20.8 Å². The van der Waals surface area contributed by atoms with Gasteiger partial charge in [-0.1, -0.05) is 30.0 Å². The standard InChI is InChI=1S/C18H19N5O3S/c1-12(17(24)19-13-9-10-15(25-2)16(11-13)26-3)27-18-20-21-22-23(18)14-7-5-4-6-8-14/h4-12H,1-3H3,(H,19,24). The van der Waals surface area contributed by atoms with Gasteiger partial charge >= 0.3 is 0 Å². The van der Waals surface area contributed by atoms with Gasteiger partial charge in [0.05, 0.1) is 25.2 Å². The molecule has 0 aliphatic heterocycles. The number of nitrogens with one attached hydrogen (secondary N) is 1. The number of tetrazole rings is 1. The van der Waals surface area contributed by atoms with Crippen LogP contribution in [-0.2, 0) is 4.79 Å². The maximum atomic E-state index is 12.6. The average Bonchev–Trinajstić information content (AvgIpc) is 3.16. The summed E-state index contributed by atoms with van der Waals surface area (Å²) in [5.41, 5.74) is 1.45. The fraction of sp³-hybridized carbons (Fsp3) is 0.222. The Morgan fingerprint density at radius 1 is 1.11 bits per heavy atom. The van der Waals surface area contributed by atoms with Gasteiger partial charge in [-0.15, -0.1) is 5.10 Å². The lowest BCUT2D eigenvalue weighted by molar-refractivity contribution is -0.115. The molecule has 0 saturated heterocycles. The van der Waals surface area contributed by atoms with Crippen LogP contribution in [0.5, 0.6) is 11.5 Å². The highest BCUT2D eigenvalue weighted by Gasteiger charge is 2.20. The van der Waals surface area contributed by atoms with Crippen molar-refractivity contribution >= 4 is 23.4 Å². The first-order valence-corrected chi connectivity index (χ1v) is 9.03. The average molecular weight is 385 g/mol. The molecule has 0 saturated carbocycles. The summed E-state index contributed by atoms with van der Waals surface area (Å²) >= 11 is 1.28. The molecule has 1 amide bonds. The number of hydrogen-bond acceptors (Lipinski definition) is 7. The number of thioether (sulfide) groups is 1. The zero-order valence-corrected chi connectivity index (χ0v) is 15.9. The highest BCUT2D eigenvalue weighted by Crippen LogP contribution is 2.30. The maximum Gasteiger partial charge on any atom is 0.237 e. The monoisotopic (exact) mass is 385 g/mol. The summed E-state index contributed by atoms with van der Waals surface area (Å²) < 4.78 is 12.1. The zero-order chi connectivity index (χ0) is 19.2. The number of nitrogens with zero attached hydrogens (tertiary/aromatic N) is 4. The van der Waals surface area contributed by atoms with E-state index in [1.807, 2.05) is 30.3 Å². The Labute approximate surface area is 160 Å². The van der Waals surface area contributed by atoms with Gasteiger partial charge in [-0.2, -0.15) is 4.68 Å². The number of amides is 1. The molecule has 1 N–H and O–H groups in total. The minimum atomic E-state index is -0.411. The molecule has 27 heavy (non-hydrogen) atoms. The summed E-state index contributed by atoms with van der Waals surface area (Å²) in [5, 5.41) is 14.7. The molecule has 1 unspecified atom stereocenters. The van der Waals surface area contributed by atoms with Crippen molar-refractivity contribution in [2.45, 2.75) is 17.3 Å². The Balaban J connectivity index is 1.70. The smallest absolute Gasteiger partial charge is 0.237 e. The number of anilines is 1. The van der Waals surface area contributed by atoms with Gasteiger partial charge in [0.2, 0.25) is 11.1 Å². The minimum absolute atomic E-state index is 0.171. The third-order valence-electron chi connectivity index (χ3n) is 3.74. The Bertz CT molecular complexity index is 916. The number of benzene rings is 2. The maximum absolute atomic E-state index is 12.6. The second kappa shape index (κ2) is 8.54. The van der Waals surface area contributed by atoms with Crippen molar-refractivity contribution in [3.8, 4) is 17.2 Å². The van der Waals surface area contributed by atoms with Crippen LogP contribution in [-0.4, -0.2) is 45.6 Å². The highest BCUT2D eigenvalue weighted by atomic mass is 32.2. The van der Waals surface area contributed by atoms with Crippen LogP contribution in [0, 0.1) is 0 Å². The number of ether oxygens (including phenoxy) is 2. The van der Waals surface area contributed by atoms with Crippen LogP contribution in [0.2, 0.25) is 0 Å². The van der Waals surface area contributed by atoms with Crippen molar-refractivity contribution in [3.05, 3.63) is 48.5 Å². The quantitative estimate of drug-likeness (QED) is 0.625. The van der Waals surface area contributed by atoms with Crippen molar-refractivity contribution < 1.29 is 14.3 Å². The normalized spacial score (nSPS) is 11.7. The number of rotatable bonds is 7. The number of carbonyl (C=O) groups excluding carboxylic acids is 1. The molecule has 3 rings (SSSR count). The lowest BCUT2D eigenvalue weighted by Crippen LogP contribution is -2.23. The van der Waals surface area contributed by atoms with E-state index in [4.69, 9.17) is 9.47 Å². The second-order valence-electron chi connectivity index (χ2n) is 5.53. The topological polar surface area (TPSA) is 91.2 Å². The van der Waals surface area contributed by atoms with Crippen molar-refractivity contribution in [1.29, 1.82) is 0 Å². The van der Waals surface area contributed by atoms with Gasteiger partial charge < -0.3 is 14.8 Å². The molecule has 3 aromatic rings. The van der Waals surface area contributed by atoms with E-state index in [1.165, 1.54) is 11.8 Å². The molecule has 1 heterocycles. The van der Waals surface area contributed by atoms with Crippen LogP contribution < -0.4 is 14.8 Å². The van der Waals surface area contributed by atoms with Gasteiger partial charge in [0.1, 0.15) is 0 Å². The van der Waals surface area contributed by atoms with E-state index >= 15 is 0 Å². The van der Waals surface area contributed by atoms with Gasteiger partial charge in [0.25, 0.3) is 0 Å². The Morgan fingerprint density at radius 2 is 1.85 bits per heavy atom. The first-order valence-electron chi connectivity index (χ1n) is 8.15. The first kappa shape index (κ1) is 18.7. The molecular formula is C18H19N5O3S. The molecule has 8 nitrogen and oxygen atoms in total. The molecule has 9 heteroatoms. The lowest BCUT2D eigenvalue weighted by atomic mass is 10.2.